The van der Waals surface area contributed by atoms with Crippen LogP contribution in [0.4, 0.5) is 25.3 Å². The molecule has 3 rings (SSSR count). The quantitative estimate of drug-likeness (QED) is 0.568. The molecule has 0 radical (unpaired) electrons. The van der Waals surface area contributed by atoms with Crippen molar-refractivity contribution < 1.29 is 18.3 Å². The summed E-state index contributed by atoms with van der Waals surface area (Å²) in [6, 6.07) is 10.7. The van der Waals surface area contributed by atoms with E-state index in [9.17, 15) is 13.6 Å². The second-order valence-electron chi connectivity index (χ2n) is 5.13. The molecular formula is C17H14F2N4O2S2. The van der Waals surface area contributed by atoms with Gasteiger partial charge in [0.15, 0.2) is 4.34 Å². The molecule has 27 heavy (non-hydrogen) atoms. The maximum atomic E-state index is 13.5. The maximum Gasteiger partial charge on any atom is 0.234 e. The Kier molecular flexibility index (Phi) is 6.20. The van der Waals surface area contributed by atoms with Gasteiger partial charge in [-0.05, 0) is 24.3 Å². The fraction of sp³-hybridized carbons (Fsp3) is 0.118. The van der Waals surface area contributed by atoms with Gasteiger partial charge in [0.25, 0.3) is 0 Å². The number of nitrogens with zero attached hydrogens (tertiary/aromatic N) is 2. The van der Waals surface area contributed by atoms with Crippen LogP contribution in [-0.4, -0.2) is 29.0 Å². The van der Waals surface area contributed by atoms with Crippen molar-refractivity contribution in [3.63, 3.8) is 0 Å². The maximum absolute atomic E-state index is 13.5. The molecule has 1 aromatic heterocycles. The molecule has 0 spiro atoms. The van der Waals surface area contributed by atoms with Gasteiger partial charge in [0.05, 0.1) is 18.6 Å². The lowest BCUT2D eigenvalue weighted by Gasteiger charge is -2.07. The number of hydrogen-bond donors (Lipinski definition) is 2. The average molecular weight is 408 g/mol. The predicted octanol–water partition coefficient (Wildman–Crippen LogP) is 4.30. The third kappa shape index (κ3) is 4.92. The van der Waals surface area contributed by atoms with Crippen LogP contribution >= 0.6 is 23.1 Å². The van der Waals surface area contributed by atoms with E-state index in [1.807, 2.05) is 24.3 Å². The number of methoxy groups -OCH3 is 1. The predicted molar refractivity (Wildman–Crippen MR) is 102 cm³/mol. The first kappa shape index (κ1) is 19.1. The summed E-state index contributed by atoms with van der Waals surface area (Å²) in [6.07, 6.45) is 0. The van der Waals surface area contributed by atoms with Crippen molar-refractivity contribution in [2.45, 2.75) is 4.34 Å². The molecule has 0 fully saturated rings. The largest absolute Gasteiger partial charge is 0.495 e. The summed E-state index contributed by atoms with van der Waals surface area (Å²) >= 11 is 2.36. The van der Waals surface area contributed by atoms with Gasteiger partial charge < -0.3 is 15.4 Å². The highest BCUT2D eigenvalue weighted by Crippen LogP contribution is 2.31. The van der Waals surface area contributed by atoms with Crippen LogP contribution in [0.25, 0.3) is 0 Å². The summed E-state index contributed by atoms with van der Waals surface area (Å²) in [7, 11) is 1.57. The van der Waals surface area contributed by atoms with Crippen molar-refractivity contribution in [2.24, 2.45) is 0 Å². The van der Waals surface area contributed by atoms with Gasteiger partial charge in [-0.3, -0.25) is 4.79 Å². The highest BCUT2D eigenvalue weighted by Gasteiger charge is 2.14. The van der Waals surface area contributed by atoms with Gasteiger partial charge in [0.2, 0.25) is 11.0 Å². The summed E-state index contributed by atoms with van der Waals surface area (Å²) in [5.74, 6) is -1.59. The Morgan fingerprint density at radius 3 is 2.63 bits per heavy atom. The van der Waals surface area contributed by atoms with E-state index in [-0.39, 0.29) is 5.75 Å². The van der Waals surface area contributed by atoms with E-state index in [0.717, 1.165) is 29.6 Å². The number of para-hydroxylation sites is 3. The minimum atomic E-state index is -0.826. The average Bonchev–Trinajstić information content (AvgIpc) is 3.11. The Labute approximate surface area is 162 Å². The van der Waals surface area contributed by atoms with Crippen LogP contribution in [0.15, 0.2) is 46.8 Å². The smallest absolute Gasteiger partial charge is 0.234 e. The Morgan fingerprint density at radius 1 is 1.15 bits per heavy atom. The fourth-order valence-electron chi connectivity index (χ4n) is 2.10. The lowest BCUT2D eigenvalue weighted by molar-refractivity contribution is -0.113. The van der Waals surface area contributed by atoms with Crippen LogP contribution in [0.1, 0.15) is 0 Å². The van der Waals surface area contributed by atoms with E-state index in [2.05, 4.69) is 20.8 Å². The van der Waals surface area contributed by atoms with Gasteiger partial charge in [0, 0.05) is 0 Å². The lowest BCUT2D eigenvalue weighted by Crippen LogP contribution is -2.16. The Morgan fingerprint density at radius 2 is 1.89 bits per heavy atom. The third-order valence-electron chi connectivity index (χ3n) is 3.31. The summed E-state index contributed by atoms with van der Waals surface area (Å²) in [5, 5.41) is 13.8. The SMILES string of the molecule is COc1ccccc1Nc1nnc(SCC(=O)Nc2c(F)cccc2F)s1. The van der Waals surface area contributed by atoms with Crippen LogP contribution in [0.2, 0.25) is 0 Å². The fourth-order valence-corrected chi connectivity index (χ4v) is 3.67. The van der Waals surface area contributed by atoms with E-state index in [1.54, 1.807) is 7.11 Å². The van der Waals surface area contributed by atoms with E-state index in [4.69, 9.17) is 4.74 Å². The van der Waals surface area contributed by atoms with Crippen molar-refractivity contribution in [1.82, 2.24) is 10.2 Å². The van der Waals surface area contributed by atoms with Crippen LogP contribution < -0.4 is 15.4 Å². The number of halogens is 2. The highest BCUT2D eigenvalue weighted by molar-refractivity contribution is 8.01. The number of anilines is 3. The number of carbonyl (C=O) groups is 1. The zero-order valence-corrected chi connectivity index (χ0v) is 15.7. The van der Waals surface area contributed by atoms with Crippen LogP contribution in [-0.2, 0) is 4.79 Å². The van der Waals surface area contributed by atoms with Gasteiger partial charge in [-0.2, -0.15) is 0 Å². The molecule has 0 bridgehead atoms. The molecule has 0 atom stereocenters. The minimum absolute atomic E-state index is 0.0585. The Bertz CT molecular complexity index is 932. The zero-order valence-electron chi connectivity index (χ0n) is 14.0. The minimum Gasteiger partial charge on any atom is -0.495 e. The number of thioether (sulfide) groups is 1. The number of carbonyl (C=O) groups excluding carboxylic acids is 1. The molecule has 0 saturated heterocycles. The van der Waals surface area contributed by atoms with Gasteiger partial charge in [-0.1, -0.05) is 41.3 Å². The first-order valence-electron chi connectivity index (χ1n) is 7.67. The molecule has 140 valence electrons. The molecule has 1 amide bonds. The summed E-state index contributed by atoms with van der Waals surface area (Å²) in [5.41, 5.74) is 0.277. The molecule has 0 aliphatic rings. The van der Waals surface area contributed by atoms with Crippen molar-refractivity contribution in [3.8, 4) is 5.75 Å². The van der Waals surface area contributed by atoms with E-state index in [1.165, 1.54) is 17.4 Å². The van der Waals surface area contributed by atoms with Crippen molar-refractivity contribution >= 4 is 45.5 Å². The first-order chi connectivity index (χ1) is 13.1. The van der Waals surface area contributed by atoms with E-state index >= 15 is 0 Å². The van der Waals surface area contributed by atoms with Crippen molar-refractivity contribution in [2.75, 3.05) is 23.5 Å². The first-order valence-corrected chi connectivity index (χ1v) is 9.47. The van der Waals surface area contributed by atoms with E-state index in [0.29, 0.717) is 15.2 Å². The van der Waals surface area contributed by atoms with Gasteiger partial charge in [-0.25, -0.2) is 8.78 Å². The van der Waals surface area contributed by atoms with Crippen molar-refractivity contribution in [1.29, 1.82) is 0 Å². The van der Waals surface area contributed by atoms with Crippen LogP contribution in [0.5, 0.6) is 5.75 Å². The normalized spacial score (nSPS) is 10.5. The van der Waals surface area contributed by atoms with Gasteiger partial charge >= 0.3 is 0 Å². The third-order valence-corrected chi connectivity index (χ3v) is 5.28. The monoisotopic (exact) mass is 408 g/mol. The number of hydrogen-bond acceptors (Lipinski definition) is 7. The molecule has 2 aromatic carbocycles. The van der Waals surface area contributed by atoms with Crippen LogP contribution in [0.3, 0.4) is 0 Å². The molecule has 2 N–H and O–H groups in total. The number of benzene rings is 2. The molecule has 6 nitrogen and oxygen atoms in total. The summed E-state index contributed by atoms with van der Waals surface area (Å²) in [4.78, 5) is 11.9. The number of nitrogens with one attached hydrogen (secondary N) is 2. The molecule has 0 saturated carbocycles. The molecule has 1 heterocycles. The summed E-state index contributed by atoms with van der Waals surface area (Å²) < 4.78 is 32.9. The van der Waals surface area contributed by atoms with Crippen LogP contribution in [0, 0.1) is 11.6 Å². The molecule has 3 aromatic rings. The zero-order chi connectivity index (χ0) is 19.2. The number of rotatable bonds is 7. The number of amides is 1. The standard InChI is InChI=1S/C17H14F2N4O2S2/c1-25-13-8-3-2-7-12(13)20-16-22-23-17(27-16)26-9-14(24)21-15-10(18)5-4-6-11(15)19/h2-8H,9H2,1H3,(H,20,22)(H,21,24). The topological polar surface area (TPSA) is 76.1 Å². The molecule has 0 aliphatic carbocycles. The molecule has 0 unspecified atom stereocenters. The van der Waals surface area contributed by atoms with Gasteiger partial charge in [0.1, 0.15) is 23.1 Å². The lowest BCUT2D eigenvalue weighted by atomic mass is 10.3. The summed E-state index contributed by atoms with van der Waals surface area (Å²) in [6.45, 7) is 0. The molecular weight excluding hydrogens is 394 g/mol. The number of ether oxygens (including phenoxy) is 1. The molecule has 0 aliphatic heterocycles. The second kappa shape index (κ2) is 8.78. The van der Waals surface area contributed by atoms with Crippen molar-refractivity contribution in [3.05, 3.63) is 54.1 Å². The Hall–Kier alpha value is -2.72. The number of aromatic nitrogens is 2. The second-order valence-corrected chi connectivity index (χ2v) is 7.33. The molecule has 10 heteroatoms. The van der Waals surface area contributed by atoms with Gasteiger partial charge in [-0.15, -0.1) is 10.2 Å². The Balaban J connectivity index is 1.57. The highest BCUT2D eigenvalue weighted by atomic mass is 32.2. The van der Waals surface area contributed by atoms with E-state index < -0.39 is 23.2 Å².